The van der Waals surface area contributed by atoms with Crippen LogP contribution >= 0.6 is 11.6 Å². The highest BCUT2D eigenvalue weighted by Gasteiger charge is 2.33. The van der Waals surface area contributed by atoms with Crippen LogP contribution in [0, 0.1) is 5.92 Å². The van der Waals surface area contributed by atoms with Gasteiger partial charge in [-0.1, -0.05) is 18.0 Å². The zero-order valence-corrected chi connectivity index (χ0v) is 22.9. The Kier molecular flexibility index (Phi) is 9.12. The molecule has 2 aromatic rings. The maximum Gasteiger partial charge on any atom is 0.243 e. The zero-order valence-electron chi connectivity index (χ0n) is 20.5. The molecule has 4 rings (SSSR count). The van der Waals surface area contributed by atoms with Gasteiger partial charge in [0.2, 0.25) is 26.0 Å². The van der Waals surface area contributed by atoms with Crippen molar-refractivity contribution in [2.24, 2.45) is 5.92 Å². The van der Waals surface area contributed by atoms with Crippen LogP contribution in [-0.4, -0.2) is 70.7 Å². The topological polar surface area (TPSA) is 113 Å². The second-order valence-corrected chi connectivity index (χ2v) is 13.5. The van der Waals surface area contributed by atoms with Gasteiger partial charge in [-0.2, -0.15) is 8.61 Å². The van der Waals surface area contributed by atoms with Crippen LogP contribution in [0.4, 0.5) is 0 Å². The van der Waals surface area contributed by atoms with Gasteiger partial charge in [-0.25, -0.2) is 16.8 Å². The lowest BCUT2D eigenvalue weighted by atomic mass is 9.99. The van der Waals surface area contributed by atoms with E-state index < -0.39 is 26.0 Å². The molecule has 0 radical (unpaired) electrons. The van der Waals surface area contributed by atoms with Crippen LogP contribution in [0.2, 0.25) is 5.02 Å². The Balaban J connectivity index is 1.24. The van der Waals surface area contributed by atoms with E-state index in [0.29, 0.717) is 43.2 Å². The Bertz CT molecular complexity index is 1280. The number of benzene rings is 2. The average molecular weight is 570 g/mol. The molecule has 2 aromatic carbocycles. The minimum Gasteiger partial charge on any atom is -0.492 e. The van der Waals surface area contributed by atoms with Crippen molar-refractivity contribution in [2.45, 2.75) is 41.9 Å². The molecule has 0 bridgehead atoms. The first-order valence-corrected chi connectivity index (χ1v) is 15.7. The molecule has 9 nitrogen and oxygen atoms in total. The first-order valence-electron chi connectivity index (χ1n) is 12.4. The molecule has 2 aliphatic rings. The van der Waals surface area contributed by atoms with E-state index in [1.165, 1.54) is 45.0 Å². The van der Waals surface area contributed by atoms with Crippen LogP contribution in [0.1, 0.15) is 32.1 Å². The smallest absolute Gasteiger partial charge is 0.243 e. The third-order valence-corrected chi connectivity index (χ3v) is 10.7. The number of ether oxygens (including phenoxy) is 1. The van der Waals surface area contributed by atoms with Crippen LogP contribution in [0.25, 0.3) is 0 Å². The van der Waals surface area contributed by atoms with Crippen molar-refractivity contribution < 1.29 is 26.4 Å². The molecular weight excluding hydrogens is 538 g/mol. The number of sulfonamides is 2. The summed E-state index contributed by atoms with van der Waals surface area (Å²) in [7, 11) is -7.20. The van der Waals surface area contributed by atoms with Gasteiger partial charge in [-0.3, -0.25) is 4.79 Å². The van der Waals surface area contributed by atoms with Gasteiger partial charge in [0.15, 0.2) is 0 Å². The zero-order chi connectivity index (χ0) is 26.5. The summed E-state index contributed by atoms with van der Waals surface area (Å²) in [4.78, 5) is 13.1. The Labute approximate surface area is 223 Å². The molecule has 1 atom stereocenters. The highest BCUT2D eigenvalue weighted by atomic mass is 35.5. The number of carbonyl (C=O) groups excluding carboxylic acids is 1. The average Bonchev–Trinajstić information content (AvgIpc) is 2.92. The molecule has 2 heterocycles. The van der Waals surface area contributed by atoms with E-state index in [1.54, 1.807) is 12.1 Å². The van der Waals surface area contributed by atoms with E-state index in [9.17, 15) is 21.6 Å². The second kappa shape index (κ2) is 12.1. The molecule has 202 valence electrons. The fraction of sp³-hybridized carbons (Fsp3) is 0.480. The summed E-state index contributed by atoms with van der Waals surface area (Å²) in [5.74, 6) is -0.164. The lowest BCUT2D eigenvalue weighted by molar-refractivity contribution is -0.126. The van der Waals surface area contributed by atoms with E-state index in [0.717, 1.165) is 19.3 Å². The number of hydrogen-bond donors (Lipinski definition) is 1. The molecule has 12 heteroatoms. The third-order valence-electron chi connectivity index (χ3n) is 6.65. The molecule has 0 saturated carbocycles. The van der Waals surface area contributed by atoms with Crippen LogP contribution in [0.5, 0.6) is 5.75 Å². The summed E-state index contributed by atoms with van der Waals surface area (Å²) in [6.45, 7) is 2.01. The molecular formula is C25H32ClN3O6S2. The van der Waals surface area contributed by atoms with Gasteiger partial charge >= 0.3 is 0 Å². The molecule has 1 N–H and O–H groups in total. The molecule has 0 spiro atoms. The molecule has 0 aliphatic carbocycles. The van der Waals surface area contributed by atoms with E-state index in [4.69, 9.17) is 16.3 Å². The fourth-order valence-corrected chi connectivity index (χ4v) is 7.75. The van der Waals surface area contributed by atoms with Crippen molar-refractivity contribution >= 4 is 37.6 Å². The predicted octanol–water partition coefficient (Wildman–Crippen LogP) is 3.11. The summed E-state index contributed by atoms with van der Waals surface area (Å²) in [6.07, 6.45) is 4.00. The monoisotopic (exact) mass is 569 g/mol. The number of amides is 1. The van der Waals surface area contributed by atoms with Crippen molar-refractivity contribution in [1.82, 2.24) is 13.9 Å². The Hall–Kier alpha value is -2.18. The standard InChI is InChI=1S/C25H32ClN3O6S2/c26-21-6-10-23(11-7-21)37(33,34)29-17-4-5-20(19-29)25(30)27-14-18-35-22-8-12-24(13-9-22)36(31,32)28-15-2-1-3-16-28/h6-13,20H,1-5,14-19H2,(H,27,30)/t20-/m1/s1. The highest BCUT2D eigenvalue weighted by molar-refractivity contribution is 7.89. The number of nitrogens with zero attached hydrogens (tertiary/aromatic N) is 2. The highest BCUT2D eigenvalue weighted by Crippen LogP contribution is 2.25. The van der Waals surface area contributed by atoms with Crippen molar-refractivity contribution in [3.8, 4) is 5.75 Å². The Morgan fingerprint density at radius 2 is 1.41 bits per heavy atom. The maximum absolute atomic E-state index is 13.0. The lowest BCUT2D eigenvalue weighted by Gasteiger charge is -2.31. The molecule has 2 saturated heterocycles. The van der Waals surface area contributed by atoms with Gasteiger partial charge in [-0.15, -0.1) is 0 Å². The lowest BCUT2D eigenvalue weighted by Crippen LogP contribution is -2.45. The van der Waals surface area contributed by atoms with E-state index >= 15 is 0 Å². The van der Waals surface area contributed by atoms with Crippen molar-refractivity contribution in [3.63, 3.8) is 0 Å². The third kappa shape index (κ3) is 6.83. The summed E-state index contributed by atoms with van der Waals surface area (Å²) < 4.78 is 59.9. The number of hydrogen-bond acceptors (Lipinski definition) is 6. The second-order valence-electron chi connectivity index (χ2n) is 9.23. The van der Waals surface area contributed by atoms with Crippen molar-refractivity contribution in [3.05, 3.63) is 53.6 Å². The molecule has 2 fully saturated rings. The van der Waals surface area contributed by atoms with Gasteiger partial charge in [0.1, 0.15) is 12.4 Å². The number of rotatable bonds is 9. The molecule has 0 aromatic heterocycles. The molecule has 37 heavy (non-hydrogen) atoms. The first-order chi connectivity index (χ1) is 17.7. The van der Waals surface area contributed by atoms with Gasteiger partial charge < -0.3 is 10.1 Å². The largest absolute Gasteiger partial charge is 0.492 e. The number of halogens is 1. The predicted molar refractivity (Wildman–Crippen MR) is 140 cm³/mol. The number of piperidine rings is 2. The van der Waals surface area contributed by atoms with Crippen LogP contribution in [0.15, 0.2) is 58.3 Å². The van der Waals surface area contributed by atoms with Crippen LogP contribution in [-0.2, 0) is 24.8 Å². The van der Waals surface area contributed by atoms with Gasteiger partial charge in [0.25, 0.3) is 0 Å². The van der Waals surface area contributed by atoms with Crippen molar-refractivity contribution in [2.75, 3.05) is 39.3 Å². The Morgan fingerprint density at radius 3 is 2.05 bits per heavy atom. The van der Waals surface area contributed by atoms with E-state index in [2.05, 4.69) is 5.32 Å². The molecule has 0 unspecified atom stereocenters. The van der Waals surface area contributed by atoms with Gasteiger partial charge in [0, 0.05) is 31.2 Å². The number of nitrogens with one attached hydrogen (secondary N) is 1. The van der Waals surface area contributed by atoms with E-state index in [1.807, 2.05) is 0 Å². The summed E-state index contributed by atoms with van der Waals surface area (Å²) >= 11 is 5.87. The van der Waals surface area contributed by atoms with Crippen molar-refractivity contribution in [1.29, 1.82) is 0 Å². The van der Waals surface area contributed by atoms with Gasteiger partial charge in [-0.05, 0) is 74.2 Å². The normalized spacial score (nSPS) is 19.9. The quantitative estimate of drug-likeness (QED) is 0.464. The summed E-state index contributed by atoms with van der Waals surface area (Å²) in [6, 6.07) is 12.3. The number of carbonyl (C=O) groups is 1. The minimum absolute atomic E-state index is 0.116. The van der Waals surface area contributed by atoms with Crippen LogP contribution < -0.4 is 10.1 Å². The Morgan fingerprint density at radius 1 is 0.838 bits per heavy atom. The van der Waals surface area contributed by atoms with E-state index in [-0.39, 0.29) is 35.4 Å². The molecule has 2 aliphatic heterocycles. The maximum atomic E-state index is 13.0. The van der Waals surface area contributed by atoms with Gasteiger partial charge in [0.05, 0.1) is 22.3 Å². The molecule has 1 amide bonds. The fourth-order valence-electron chi connectivity index (χ4n) is 4.58. The van der Waals surface area contributed by atoms with Crippen LogP contribution in [0.3, 0.4) is 0 Å². The first kappa shape index (κ1) is 27.8. The SMILES string of the molecule is O=C(NCCOc1ccc(S(=O)(=O)N2CCCCC2)cc1)[C@@H]1CCCN(S(=O)(=O)c2ccc(Cl)cc2)C1. The minimum atomic E-state index is -3.70. The summed E-state index contributed by atoms with van der Waals surface area (Å²) in [5.41, 5.74) is 0. The summed E-state index contributed by atoms with van der Waals surface area (Å²) in [5, 5.41) is 3.27.